The van der Waals surface area contributed by atoms with Crippen LogP contribution in [0.25, 0.3) is 0 Å². The van der Waals surface area contributed by atoms with E-state index in [1.165, 1.54) is 26.4 Å². The molecule has 7 nitrogen and oxygen atoms in total. The summed E-state index contributed by atoms with van der Waals surface area (Å²) in [6, 6.07) is 3.67. The largest absolute Gasteiger partial charge is 0.490 e. The summed E-state index contributed by atoms with van der Waals surface area (Å²) in [5.41, 5.74) is 0.105. The van der Waals surface area contributed by atoms with Gasteiger partial charge in [0.2, 0.25) is 0 Å². The zero-order chi connectivity index (χ0) is 23.5. The van der Waals surface area contributed by atoms with E-state index in [2.05, 4.69) is 11.5 Å². The Hall–Kier alpha value is -2.09. The number of rotatable bonds is 7. The molecule has 2 N–H and O–H groups in total. The Bertz CT molecular complexity index is 970. The molecule has 2 bridgehead atoms. The minimum Gasteiger partial charge on any atom is -0.490 e. The van der Waals surface area contributed by atoms with Gasteiger partial charge >= 0.3 is 5.97 Å². The molecule has 0 amide bonds. The molecule has 2 aliphatic heterocycles. The molecule has 1 spiro atoms. The van der Waals surface area contributed by atoms with Gasteiger partial charge < -0.3 is 24.4 Å². The smallest absolute Gasteiger partial charge is 0.378 e. The number of aliphatic hydroxyl groups excluding tert-OH is 1. The van der Waals surface area contributed by atoms with E-state index >= 15 is 0 Å². The fourth-order valence-electron chi connectivity index (χ4n) is 6.64. The van der Waals surface area contributed by atoms with E-state index in [1.54, 1.807) is 6.07 Å². The molecule has 2 fully saturated rings. The third kappa shape index (κ3) is 3.16. The summed E-state index contributed by atoms with van der Waals surface area (Å²) >= 11 is 0. The van der Waals surface area contributed by atoms with Crippen LogP contribution in [0.5, 0.6) is 11.5 Å². The molecule has 5 unspecified atom stereocenters. The van der Waals surface area contributed by atoms with Crippen molar-refractivity contribution in [2.75, 3.05) is 20.2 Å². The molecule has 1 saturated carbocycles. The molecule has 2 aliphatic carbocycles. The Kier molecular flexibility index (Phi) is 5.50. The zero-order valence-corrected chi connectivity index (χ0v) is 19.8. The lowest BCUT2D eigenvalue weighted by molar-refractivity contribution is -0.172. The van der Waals surface area contributed by atoms with Crippen LogP contribution in [0.2, 0.25) is 0 Å². The number of hydrogen-bond donors (Lipinski definition) is 2. The summed E-state index contributed by atoms with van der Waals surface area (Å²) in [6.07, 6.45) is 4.31. The SMILES string of the molecule is C=C(OC)C(=O)Oc1ccc2c3c1OC(C(O)CC)C31CCN(CC3CCC3)C(C2)C1(C)O. The van der Waals surface area contributed by atoms with Crippen molar-refractivity contribution in [3.63, 3.8) is 0 Å². The molecule has 5 rings (SSSR count). The molecular formula is C26H35NO6. The average Bonchev–Trinajstić information content (AvgIpc) is 3.11. The number of piperidine rings is 1. The molecular weight excluding hydrogens is 422 g/mol. The lowest BCUT2D eigenvalue weighted by atomic mass is 9.52. The zero-order valence-electron chi connectivity index (χ0n) is 19.8. The normalized spacial score (nSPS) is 33.5. The Morgan fingerprint density at radius 2 is 2.15 bits per heavy atom. The van der Waals surface area contributed by atoms with Crippen LogP contribution in [0.3, 0.4) is 0 Å². The van der Waals surface area contributed by atoms with E-state index in [0.29, 0.717) is 30.9 Å². The first-order valence-corrected chi connectivity index (χ1v) is 12.2. The number of ether oxygens (including phenoxy) is 3. The van der Waals surface area contributed by atoms with Gasteiger partial charge in [-0.05, 0) is 69.7 Å². The predicted molar refractivity (Wildman–Crippen MR) is 122 cm³/mol. The van der Waals surface area contributed by atoms with Gasteiger partial charge in [-0.3, -0.25) is 4.90 Å². The van der Waals surface area contributed by atoms with Crippen LogP contribution in [0, 0.1) is 5.92 Å². The minimum atomic E-state index is -1.10. The lowest BCUT2D eigenvalue weighted by Gasteiger charge is -2.60. The van der Waals surface area contributed by atoms with Crippen LogP contribution < -0.4 is 9.47 Å². The maximum atomic E-state index is 12.4. The van der Waals surface area contributed by atoms with E-state index in [4.69, 9.17) is 14.2 Å². The van der Waals surface area contributed by atoms with Crippen LogP contribution >= 0.6 is 0 Å². The fourth-order valence-corrected chi connectivity index (χ4v) is 6.64. The maximum Gasteiger partial charge on any atom is 0.378 e. The van der Waals surface area contributed by atoms with Crippen LogP contribution in [0.15, 0.2) is 24.5 Å². The fraction of sp³-hybridized carbons (Fsp3) is 0.654. The first-order chi connectivity index (χ1) is 15.7. The second-order valence-electron chi connectivity index (χ2n) is 10.3. The second kappa shape index (κ2) is 8.00. The first kappa shape index (κ1) is 22.7. The number of carbonyl (C=O) groups is 1. The van der Waals surface area contributed by atoms with Gasteiger partial charge in [-0.15, -0.1) is 0 Å². The molecule has 0 radical (unpaired) electrons. The van der Waals surface area contributed by atoms with Crippen molar-refractivity contribution in [3.05, 3.63) is 35.6 Å². The van der Waals surface area contributed by atoms with E-state index in [-0.39, 0.29) is 17.6 Å². The highest BCUT2D eigenvalue weighted by atomic mass is 16.6. The highest BCUT2D eigenvalue weighted by molar-refractivity contribution is 5.88. The monoisotopic (exact) mass is 457 g/mol. The van der Waals surface area contributed by atoms with Gasteiger partial charge in [0.05, 0.1) is 24.2 Å². The summed E-state index contributed by atoms with van der Waals surface area (Å²) in [6.45, 7) is 9.25. The summed E-state index contributed by atoms with van der Waals surface area (Å²) in [5, 5.41) is 23.2. The van der Waals surface area contributed by atoms with Gasteiger partial charge in [0.25, 0.3) is 0 Å². The van der Waals surface area contributed by atoms with E-state index < -0.39 is 29.2 Å². The van der Waals surface area contributed by atoms with Crippen LogP contribution in [-0.4, -0.2) is 65.1 Å². The van der Waals surface area contributed by atoms with Gasteiger partial charge in [-0.25, -0.2) is 4.79 Å². The third-order valence-corrected chi connectivity index (χ3v) is 8.75. The van der Waals surface area contributed by atoms with Gasteiger partial charge in [0.15, 0.2) is 17.3 Å². The number of fused-ring (bicyclic) bond motifs is 1. The maximum absolute atomic E-state index is 12.4. The molecule has 0 aromatic heterocycles. The van der Waals surface area contributed by atoms with Crippen molar-refractivity contribution in [1.29, 1.82) is 0 Å². The summed E-state index contributed by atoms with van der Waals surface area (Å²) < 4.78 is 16.9. The first-order valence-electron chi connectivity index (χ1n) is 12.2. The number of nitrogens with zero attached hydrogens (tertiary/aromatic N) is 1. The van der Waals surface area contributed by atoms with E-state index in [0.717, 1.165) is 24.2 Å². The topological polar surface area (TPSA) is 88.5 Å². The number of benzene rings is 1. The summed E-state index contributed by atoms with van der Waals surface area (Å²) in [5.74, 6) is 0.636. The van der Waals surface area contributed by atoms with Gasteiger partial charge in [-0.1, -0.05) is 19.4 Å². The van der Waals surface area contributed by atoms with Gasteiger partial charge in [0.1, 0.15) is 6.10 Å². The molecule has 1 aromatic rings. The molecule has 2 heterocycles. The number of aliphatic hydroxyl groups is 2. The third-order valence-electron chi connectivity index (χ3n) is 8.75. The molecule has 1 saturated heterocycles. The molecule has 7 heteroatoms. The quantitative estimate of drug-likeness (QED) is 0.282. The Morgan fingerprint density at radius 1 is 1.39 bits per heavy atom. The summed E-state index contributed by atoms with van der Waals surface area (Å²) in [4.78, 5) is 14.8. The molecule has 180 valence electrons. The van der Waals surface area contributed by atoms with Crippen molar-refractivity contribution in [2.24, 2.45) is 5.92 Å². The van der Waals surface area contributed by atoms with Crippen LogP contribution in [0.4, 0.5) is 0 Å². The van der Waals surface area contributed by atoms with Gasteiger partial charge in [0, 0.05) is 18.2 Å². The van der Waals surface area contributed by atoms with Crippen molar-refractivity contribution >= 4 is 5.97 Å². The summed E-state index contributed by atoms with van der Waals surface area (Å²) in [7, 11) is 1.36. The van der Waals surface area contributed by atoms with Crippen molar-refractivity contribution in [1.82, 2.24) is 4.90 Å². The van der Waals surface area contributed by atoms with Crippen LogP contribution in [0.1, 0.15) is 57.1 Å². The van der Waals surface area contributed by atoms with Crippen molar-refractivity contribution < 1.29 is 29.2 Å². The molecule has 33 heavy (non-hydrogen) atoms. The Labute approximate surface area is 195 Å². The number of likely N-dealkylation sites (tertiary alicyclic amines) is 1. The minimum absolute atomic E-state index is 0.0536. The average molecular weight is 458 g/mol. The predicted octanol–water partition coefficient (Wildman–Crippen LogP) is 2.70. The van der Waals surface area contributed by atoms with Gasteiger partial charge in [-0.2, -0.15) is 0 Å². The van der Waals surface area contributed by atoms with E-state index in [1.807, 2.05) is 19.9 Å². The number of carbonyl (C=O) groups excluding carboxylic acids is 1. The highest BCUT2D eigenvalue weighted by Crippen LogP contribution is 2.62. The number of esters is 1. The lowest BCUT2D eigenvalue weighted by Crippen LogP contribution is -2.74. The van der Waals surface area contributed by atoms with Crippen molar-refractivity contribution in [3.8, 4) is 11.5 Å². The van der Waals surface area contributed by atoms with E-state index in [9.17, 15) is 15.0 Å². The number of hydrogen-bond acceptors (Lipinski definition) is 7. The molecule has 5 atom stereocenters. The number of methoxy groups -OCH3 is 1. The van der Waals surface area contributed by atoms with Crippen molar-refractivity contribution in [2.45, 2.75) is 81.6 Å². The second-order valence-corrected chi connectivity index (χ2v) is 10.3. The molecule has 1 aromatic carbocycles. The standard InChI is InChI=1S/C26H35NO6/c1-5-18(28)23-26-11-12-27(14-16-7-6-8-16)20(25(26,3)30)13-17-9-10-19(22(33-23)21(17)26)32-24(29)15(2)31-4/h9-10,16,18,20,23,28,30H,2,5-8,11-14H2,1,3-4H3. The highest BCUT2D eigenvalue weighted by Gasteiger charge is 2.69. The van der Waals surface area contributed by atoms with Crippen LogP contribution in [-0.2, 0) is 21.4 Å². The Balaban J connectivity index is 1.60. The molecule has 4 aliphatic rings. The Morgan fingerprint density at radius 3 is 2.79 bits per heavy atom.